The molecule has 0 N–H and O–H groups in total. The molecule has 0 spiro atoms. The maximum Gasteiger partial charge on any atom is 0.315 e. The van der Waals surface area contributed by atoms with Crippen LogP contribution in [0, 0.1) is 0 Å². The van der Waals surface area contributed by atoms with E-state index in [0.29, 0.717) is 0 Å². The van der Waals surface area contributed by atoms with E-state index in [1.165, 1.54) is 0 Å². The smallest absolute Gasteiger partial charge is 0.132 e. The van der Waals surface area contributed by atoms with Gasteiger partial charge >= 0.3 is 4.62 Å². The summed E-state index contributed by atoms with van der Waals surface area (Å²) in [6, 6.07) is 0. The first kappa shape index (κ1) is 7.21. The molecule has 0 nitrogen and oxygen atoms in total. The summed E-state index contributed by atoms with van der Waals surface area (Å²) in [7, 11) is 0. The Morgan fingerprint density at radius 1 is 1.67 bits per heavy atom. The van der Waals surface area contributed by atoms with Crippen LogP contribution in [0.25, 0.3) is 0 Å². The predicted octanol–water partition coefficient (Wildman–Crippen LogP) is 2.68. The highest BCUT2D eigenvalue weighted by molar-refractivity contribution is 9.53. The van der Waals surface area contributed by atoms with Crippen LogP contribution in [0.4, 0.5) is 0 Å². The van der Waals surface area contributed by atoms with Crippen LogP contribution in [-0.4, -0.2) is 4.62 Å². The Kier molecular flexibility index (Phi) is 3.00. The molecule has 0 saturated carbocycles. The molecule has 36 valence electrons. The van der Waals surface area contributed by atoms with Crippen LogP contribution in [0.1, 0.15) is 0 Å². The van der Waals surface area contributed by atoms with Gasteiger partial charge in [-0.2, -0.15) is 0 Å². The fraction of sp³-hybridized carbons (Fsp3) is 0. The Hall–Kier alpha value is 1.21. The summed E-state index contributed by atoms with van der Waals surface area (Å²) in [6.45, 7) is 3.47. The second-order valence-electron chi connectivity index (χ2n) is 0.746. The second kappa shape index (κ2) is 2.50. The average molecular weight is 250 g/mol. The molecule has 0 fully saturated rings. The normalized spacial score (nSPS) is 11.2. The summed E-state index contributed by atoms with van der Waals surface area (Å²) in [6.07, 6.45) is 0. The van der Waals surface area contributed by atoms with E-state index in [1.807, 2.05) is 0 Å². The molecule has 0 rings (SSSR count). The molecule has 4 heteroatoms. The Labute approximate surface area is 58.4 Å². The second-order valence-corrected chi connectivity index (χ2v) is 17.5. The van der Waals surface area contributed by atoms with Gasteiger partial charge in [0.2, 0.25) is 0 Å². The topological polar surface area (TPSA) is 0 Å². The van der Waals surface area contributed by atoms with Crippen molar-refractivity contribution in [3.8, 4) is 0 Å². The van der Waals surface area contributed by atoms with Crippen LogP contribution in [0.5, 0.6) is 0 Å². The molecule has 0 heterocycles. The molecule has 6 heavy (non-hydrogen) atoms. The van der Waals surface area contributed by atoms with Gasteiger partial charge < -0.3 is 0 Å². The van der Waals surface area contributed by atoms with Crippen LogP contribution in [0.15, 0.2) is 12.3 Å². The molecule has 0 atom stereocenters. The molecule has 0 aromatic heterocycles. The van der Waals surface area contributed by atoms with Gasteiger partial charge in [-0.1, -0.05) is 36.3 Å². The van der Waals surface area contributed by atoms with E-state index in [1.54, 1.807) is 5.70 Å². The zero-order valence-corrected chi connectivity index (χ0v) is 7.85. The van der Waals surface area contributed by atoms with Gasteiger partial charge in [-0.05, 0) is 0 Å². The van der Waals surface area contributed by atoms with Crippen molar-refractivity contribution in [2.75, 3.05) is 0 Å². The largest absolute Gasteiger partial charge is 0.315 e. The van der Waals surface area contributed by atoms with Crippen molar-refractivity contribution >= 4 is 46.3 Å². The van der Waals surface area contributed by atoms with Crippen LogP contribution in [0.2, 0.25) is 0 Å². The van der Waals surface area contributed by atoms with Crippen molar-refractivity contribution < 1.29 is 0 Å². The third kappa shape index (κ3) is 5.21. The highest BCUT2D eigenvalue weighted by atomic mass is 79.9. The molecular formula is C2H3Br2ClSi. The number of hydrogen-bond acceptors (Lipinski definition) is 0. The van der Waals surface area contributed by atoms with Crippen molar-refractivity contribution in [3.63, 3.8) is 0 Å². The Balaban J connectivity index is 3.45. The first-order chi connectivity index (χ1) is 2.56. The zero-order chi connectivity index (χ0) is 5.21. The number of rotatable bonds is 1. The van der Waals surface area contributed by atoms with E-state index in [9.17, 15) is 0 Å². The van der Waals surface area contributed by atoms with E-state index in [4.69, 9.17) is 11.1 Å². The summed E-state index contributed by atoms with van der Waals surface area (Å²) in [5.41, 5.74) is 1.68. The van der Waals surface area contributed by atoms with Gasteiger partial charge in [0.25, 0.3) is 0 Å². The molecular weight excluding hydrogens is 247 g/mol. The third-order valence-electron chi connectivity index (χ3n) is 0.231. The first-order valence-electron chi connectivity index (χ1n) is 1.26. The first-order valence-corrected chi connectivity index (χ1v) is 8.87. The summed E-state index contributed by atoms with van der Waals surface area (Å²) in [5.74, 6) is 0. The minimum absolute atomic E-state index is 1.68. The molecule has 0 unspecified atom stereocenters. The molecule has 0 bridgehead atoms. The SMILES string of the molecule is C=C[Si](Cl)(Br)Br. The number of hydrogen-bond donors (Lipinski definition) is 0. The molecule has 0 aromatic carbocycles. The Morgan fingerprint density at radius 3 is 1.83 bits per heavy atom. The average Bonchev–Trinajstić information content (AvgIpc) is 1.35. The highest BCUT2D eigenvalue weighted by Gasteiger charge is 2.15. The van der Waals surface area contributed by atoms with Crippen molar-refractivity contribution in [2.45, 2.75) is 0 Å². The van der Waals surface area contributed by atoms with Crippen molar-refractivity contribution in [3.05, 3.63) is 12.3 Å². The summed E-state index contributed by atoms with van der Waals surface area (Å²) >= 11 is 11.9. The van der Waals surface area contributed by atoms with Crippen LogP contribution >= 0.6 is 41.7 Å². The maximum atomic E-state index is 5.57. The van der Waals surface area contributed by atoms with Crippen LogP contribution in [0.3, 0.4) is 0 Å². The van der Waals surface area contributed by atoms with E-state index >= 15 is 0 Å². The minimum Gasteiger partial charge on any atom is -0.132 e. The highest BCUT2D eigenvalue weighted by Crippen LogP contribution is 2.24. The third-order valence-corrected chi connectivity index (χ3v) is 3.10. The van der Waals surface area contributed by atoms with Gasteiger partial charge in [-0.25, -0.2) is 0 Å². The molecule has 0 aliphatic heterocycles. The monoisotopic (exact) mass is 248 g/mol. The van der Waals surface area contributed by atoms with E-state index in [-0.39, 0.29) is 0 Å². The Bertz CT molecular complexity index is 57.1. The zero-order valence-electron chi connectivity index (χ0n) is 2.92. The molecule has 0 aliphatic carbocycles. The molecule has 0 aliphatic rings. The lowest BCUT2D eigenvalue weighted by Gasteiger charge is -1.94. The number of halogens is 3. The summed E-state index contributed by atoms with van der Waals surface area (Å²) in [5, 5.41) is 0. The predicted molar refractivity (Wildman–Crippen MR) is 39.7 cm³/mol. The van der Waals surface area contributed by atoms with Crippen LogP contribution in [-0.2, 0) is 0 Å². The van der Waals surface area contributed by atoms with Gasteiger partial charge in [-0.15, -0.1) is 17.7 Å². The fourth-order valence-corrected chi connectivity index (χ4v) is 0. The molecule has 0 aromatic rings. The lowest BCUT2D eigenvalue weighted by atomic mass is 11.3. The van der Waals surface area contributed by atoms with Gasteiger partial charge in [0, 0.05) is 0 Å². The lowest BCUT2D eigenvalue weighted by molar-refractivity contribution is 2.58. The maximum absolute atomic E-state index is 5.57. The molecule has 0 saturated heterocycles. The van der Waals surface area contributed by atoms with Gasteiger partial charge in [0.15, 0.2) is 0 Å². The van der Waals surface area contributed by atoms with Gasteiger partial charge in [-0.3, -0.25) is 0 Å². The van der Waals surface area contributed by atoms with Crippen molar-refractivity contribution in [2.24, 2.45) is 0 Å². The van der Waals surface area contributed by atoms with Crippen LogP contribution < -0.4 is 0 Å². The standard InChI is InChI=1S/C2H3Br2ClSi/c1-2-6(3,4)5/h2H,1H2. The minimum atomic E-state index is -1.77. The summed E-state index contributed by atoms with van der Waals surface area (Å²) < 4.78 is -1.77. The fourth-order valence-electron chi connectivity index (χ4n) is 0. The van der Waals surface area contributed by atoms with Gasteiger partial charge in [0.1, 0.15) is 0 Å². The quantitative estimate of drug-likeness (QED) is 0.496. The Morgan fingerprint density at radius 2 is 1.83 bits per heavy atom. The van der Waals surface area contributed by atoms with E-state index in [2.05, 4.69) is 37.2 Å². The van der Waals surface area contributed by atoms with Crippen molar-refractivity contribution in [1.29, 1.82) is 0 Å². The van der Waals surface area contributed by atoms with Crippen molar-refractivity contribution in [1.82, 2.24) is 0 Å². The van der Waals surface area contributed by atoms with E-state index < -0.39 is 4.62 Å². The molecule has 0 radical (unpaired) electrons. The van der Waals surface area contributed by atoms with E-state index in [0.717, 1.165) is 0 Å². The summed E-state index contributed by atoms with van der Waals surface area (Å²) in [4.78, 5) is 0. The van der Waals surface area contributed by atoms with Gasteiger partial charge in [0.05, 0.1) is 0 Å². The lowest BCUT2D eigenvalue weighted by Crippen LogP contribution is -1.98. The molecule has 0 amide bonds.